The average molecular weight is 428 g/mol. The number of hydrogen-bond donors (Lipinski definition) is 1. The molecule has 0 saturated carbocycles. The largest absolute Gasteiger partial charge is 0.350 e. The molecule has 0 bridgehead atoms. The van der Waals surface area contributed by atoms with Crippen LogP contribution in [0.25, 0.3) is 16.9 Å². The Labute approximate surface area is 191 Å². The van der Waals surface area contributed by atoms with E-state index in [9.17, 15) is 4.79 Å². The molecule has 1 N–H and O–H groups in total. The number of carbonyl (C=O) groups is 1. The molecule has 2 aromatic carbocycles. The molecule has 1 aliphatic carbocycles. The number of hydrogen-bond acceptors (Lipinski definition) is 2. The van der Waals surface area contributed by atoms with Crippen molar-refractivity contribution in [2.24, 2.45) is 0 Å². The van der Waals surface area contributed by atoms with Gasteiger partial charge in [0.2, 0.25) is 0 Å². The summed E-state index contributed by atoms with van der Waals surface area (Å²) in [6.45, 7) is 5.14. The normalized spacial score (nSPS) is 18.5. The van der Waals surface area contributed by atoms with E-state index in [-0.39, 0.29) is 5.91 Å². The van der Waals surface area contributed by atoms with Crippen LogP contribution in [0.1, 0.15) is 54.2 Å². The molecule has 2 heterocycles. The number of aryl methyl sites for hydroxylation is 1. The van der Waals surface area contributed by atoms with Gasteiger partial charge in [0.1, 0.15) is 0 Å². The van der Waals surface area contributed by atoms with Gasteiger partial charge in [-0.15, -0.1) is 0 Å². The first-order valence-corrected chi connectivity index (χ1v) is 12.2. The van der Waals surface area contributed by atoms with Gasteiger partial charge in [-0.2, -0.15) is 0 Å². The van der Waals surface area contributed by atoms with Crippen LogP contribution in [0.3, 0.4) is 0 Å². The molecular formula is C28H33N3O. The van der Waals surface area contributed by atoms with Gasteiger partial charge in [0, 0.05) is 29.5 Å². The molecule has 32 heavy (non-hydrogen) atoms. The smallest absolute Gasteiger partial charge is 0.251 e. The van der Waals surface area contributed by atoms with Gasteiger partial charge < -0.3 is 9.88 Å². The molecule has 2 aliphatic rings. The van der Waals surface area contributed by atoms with Crippen molar-refractivity contribution in [3.8, 4) is 16.9 Å². The standard InChI is InChI=1S/C28H33N3O/c1-2-30-18-8-12-25(30)20-29-28(32)22-14-16-24(17-15-22)31-26-13-7-6-11-23(26)19-27(31)21-9-4-3-5-10-21/h3-5,9-10,14-17,19,25H,2,6-8,11-13,18,20H2,1H3,(H,29,32). The van der Waals surface area contributed by atoms with Crippen LogP contribution in [0, 0.1) is 0 Å². The van der Waals surface area contributed by atoms with Gasteiger partial charge >= 0.3 is 0 Å². The molecular weight excluding hydrogens is 394 g/mol. The molecule has 1 unspecified atom stereocenters. The SMILES string of the molecule is CCN1CCCC1CNC(=O)c1ccc(-n2c(-c3ccccc3)cc3c2CCCC3)cc1. The van der Waals surface area contributed by atoms with E-state index < -0.39 is 0 Å². The van der Waals surface area contributed by atoms with Crippen LogP contribution >= 0.6 is 0 Å². The maximum Gasteiger partial charge on any atom is 0.251 e. The van der Waals surface area contributed by atoms with Gasteiger partial charge in [0.05, 0.1) is 5.69 Å². The second-order valence-corrected chi connectivity index (χ2v) is 9.09. The third-order valence-electron chi connectivity index (χ3n) is 7.16. The van der Waals surface area contributed by atoms with E-state index in [4.69, 9.17) is 0 Å². The van der Waals surface area contributed by atoms with Crippen LogP contribution in [0.15, 0.2) is 60.7 Å². The fourth-order valence-corrected chi connectivity index (χ4v) is 5.43. The third kappa shape index (κ3) is 4.12. The zero-order chi connectivity index (χ0) is 21.9. The van der Waals surface area contributed by atoms with Crippen LogP contribution in [-0.2, 0) is 12.8 Å². The van der Waals surface area contributed by atoms with E-state index >= 15 is 0 Å². The lowest BCUT2D eigenvalue weighted by atomic mass is 9.98. The molecule has 4 heteroatoms. The number of likely N-dealkylation sites (tertiary alicyclic amines) is 1. The number of nitrogens with zero attached hydrogens (tertiary/aromatic N) is 2. The maximum absolute atomic E-state index is 12.8. The topological polar surface area (TPSA) is 37.3 Å². The van der Waals surface area contributed by atoms with Gasteiger partial charge in [-0.05, 0) is 93.1 Å². The first-order valence-electron chi connectivity index (χ1n) is 12.2. The molecule has 1 amide bonds. The Kier molecular flexibility index (Phi) is 6.13. The van der Waals surface area contributed by atoms with Crippen molar-refractivity contribution in [3.63, 3.8) is 0 Å². The van der Waals surface area contributed by atoms with Crippen molar-refractivity contribution < 1.29 is 4.79 Å². The van der Waals surface area contributed by atoms with E-state index in [2.05, 4.69) is 70.2 Å². The Balaban J connectivity index is 1.38. The zero-order valence-electron chi connectivity index (χ0n) is 19.0. The molecule has 166 valence electrons. The Morgan fingerprint density at radius 3 is 2.56 bits per heavy atom. The number of fused-ring (bicyclic) bond motifs is 1. The summed E-state index contributed by atoms with van der Waals surface area (Å²) in [6, 6.07) is 21.6. The fraction of sp³-hybridized carbons (Fsp3) is 0.393. The van der Waals surface area contributed by atoms with Gasteiger partial charge in [-0.25, -0.2) is 0 Å². The zero-order valence-corrected chi connectivity index (χ0v) is 19.0. The first kappa shape index (κ1) is 21.0. The fourth-order valence-electron chi connectivity index (χ4n) is 5.43. The van der Waals surface area contributed by atoms with Crippen LogP contribution in [0.5, 0.6) is 0 Å². The van der Waals surface area contributed by atoms with Crippen LogP contribution in [0.2, 0.25) is 0 Å². The first-order chi connectivity index (χ1) is 15.7. The van der Waals surface area contributed by atoms with Crippen molar-refractivity contribution in [3.05, 3.63) is 77.5 Å². The van der Waals surface area contributed by atoms with Gasteiger partial charge in [-0.3, -0.25) is 9.69 Å². The molecule has 1 fully saturated rings. The second kappa shape index (κ2) is 9.33. The molecule has 4 nitrogen and oxygen atoms in total. The number of nitrogens with one attached hydrogen (secondary N) is 1. The van der Waals surface area contributed by atoms with E-state index in [1.165, 1.54) is 48.2 Å². The van der Waals surface area contributed by atoms with Crippen LogP contribution in [0.4, 0.5) is 0 Å². The summed E-state index contributed by atoms with van der Waals surface area (Å²) in [6.07, 6.45) is 7.17. The van der Waals surface area contributed by atoms with Gasteiger partial charge in [0.15, 0.2) is 0 Å². The van der Waals surface area contributed by atoms with Gasteiger partial charge in [0.25, 0.3) is 5.91 Å². The summed E-state index contributed by atoms with van der Waals surface area (Å²) in [7, 11) is 0. The summed E-state index contributed by atoms with van der Waals surface area (Å²) in [4.78, 5) is 15.2. The Hall–Kier alpha value is -2.85. The summed E-state index contributed by atoms with van der Waals surface area (Å²) in [5, 5.41) is 3.16. The lowest BCUT2D eigenvalue weighted by molar-refractivity contribution is 0.0941. The van der Waals surface area contributed by atoms with E-state index in [1.807, 2.05) is 12.1 Å². The van der Waals surface area contributed by atoms with Crippen LogP contribution in [-0.4, -0.2) is 41.1 Å². The van der Waals surface area contributed by atoms with Crippen molar-refractivity contribution in [2.75, 3.05) is 19.6 Å². The highest BCUT2D eigenvalue weighted by atomic mass is 16.1. The summed E-state index contributed by atoms with van der Waals surface area (Å²) in [5.41, 5.74) is 7.24. The van der Waals surface area contributed by atoms with E-state index in [0.29, 0.717) is 6.04 Å². The Bertz CT molecular complexity index is 1070. The van der Waals surface area contributed by atoms with Crippen molar-refractivity contribution in [1.29, 1.82) is 0 Å². The molecule has 5 rings (SSSR count). The molecule has 1 saturated heterocycles. The second-order valence-electron chi connectivity index (χ2n) is 9.09. The average Bonchev–Trinajstić information content (AvgIpc) is 3.47. The highest BCUT2D eigenvalue weighted by Crippen LogP contribution is 2.34. The number of amides is 1. The van der Waals surface area contributed by atoms with Crippen molar-refractivity contribution in [2.45, 2.75) is 51.5 Å². The van der Waals surface area contributed by atoms with Crippen molar-refractivity contribution in [1.82, 2.24) is 14.8 Å². The molecule has 0 spiro atoms. The maximum atomic E-state index is 12.8. The number of rotatable bonds is 6. The third-order valence-corrected chi connectivity index (χ3v) is 7.16. The number of aromatic nitrogens is 1. The lowest BCUT2D eigenvalue weighted by Gasteiger charge is -2.23. The quantitative estimate of drug-likeness (QED) is 0.584. The molecule has 1 aromatic heterocycles. The number of likely N-dealkylation sites (N-methyl/N-ethyl adjacent to an activating group) is 1. The molecule has 1 atom stereocenters. The predicted molar refractivity (Wildman–Crippen MR) is 130 cm³/mol. The highest BCUT2D eigenvalue weighted by Gasteiger charge is 2.24. The lowest BCUT2D eigenvalue weighted by Crippen LogP contribution is -2.40. The molecule has 1 aliphatic heterocycles. The summed E-state index contributed by atoms with van der Waals surface area (Å²) < 4.78 is 2.41. The van der Waals surface area contributed by atoms with Crippen LogP contribution < -0.4 is 5.32 Å². The minimum atomic E-state index is 0.0253. The van der Waals surface area contributed by atoms with E-state index in [0.717, 1.165) is 43.7 Å². The highest BCUT2D eigenvalue weighted by molar-refractivity contribution is 5.94. The Morgan fingerprint density at radius 1 is 1.00 bits per heavy atom. The molecule has 3 aromatic rings. The summed E-state index contributed by atoms with van der Waals surface area (Å²) in [5.74, 6) is 0.0253. The number of carbonyl (C=O) groups excluding carboxylic acids is 1. The minimum absolute atomic E-state index is 0.0253. The van der Waals surface area contributed by atoms with Gasteiger partial charge in [-0.1, -0.05) is 37.3 Å². The van der Waals surface area contributed by atoms with Crippen molar-refractivity contribution >= 4 is 5.91 Å². The predicted octanol–water partition coefficient (Wildman–Crippen LogP) is 5.24. The number of benzene rings is 2. The molecule has 0 radical (unpaired) electrons. The monoisotopic (exact) mass is 427 g/mol. The minimum Gasteiger partial charge on any atom is -0.350 e. The Morgan fingerprint density at radius 2 is 1.78 bits per heavy atom. The van der Waals surface area contributed by atoms with E-state index in [1.54, 1.807) is 0 Å². The summed E-state index contributed by atoms with van der Waals surface area (Å²) >= 11 is 0.